The Morgan fingerprint density at radius 2 is 1.89 bits per heavy atom. The first-order chi connectivity index (χ1) is 8.85. The van der Waals surface area contributed by atoms with Crippen molar-refractivity contribution in [3.63, 3.8) is 0 Å². The zero-order chi connectivity index (χ0) is 14.5. The van der Waals surface area contributed by atoms with Crippen LogP contribution in [0.3, 0.4) is 0 Å². The van der Waals surface area contributed by atoms with E-state index in [1.54, 1.807) is 7.11 Å². The van der Waals surface area contributed by atoms with Crippen LogP contribution in [0.2, 0.25) is 0 Å². The Morgan fingerprint density at radius 1 is 1.32 bits per heavy atom. The fourth-order valence-electron chi connectivity index (χ4n) is 1.66. The number of methoxy groups -OCH3 is 1. The molecule has 0 saturated carbocycles. The highest BCUT2D eigenvalue weighted by Crippen LogP contribution is 2.19. The number of hydrogen-bond acceptors (Lipinski definition) is 4. The molecule has 0 aliphatic heterocycles. The molecule has 1 N–H and O–H groups in total. The second kappa shape index (κ2) is 6.41. The maximum absolute atomic E-state index is 10.6. The van der Waals surface area contributed by atoms with Gasteiger partial charge in [-0.05, 0) is 38.5 Å². The SMILES string of the molecule is COc1ccc(CC(OC(C)(C)C)C(O)=C=O)cc1. The normalized spacial score (nSPS) is 12.6. The van der Waals surface area contributed by atoms with Gasteiger partial charge in [0.15, 0.2) is 5.94 Å². The summed E-state index contributed by atoms with van der Waals surface area (Å²) in [4.78, 5) is 10.6. The molecule has 0 radical (unpaired) electrons. The van der Waals surface area contributed by atoms with Crippen LogP contribution in [0.25, 0.3) is 0 Å². The molecule has 1 rings (SSSR count). The molecule has 0 bridgehead atoms. The highest BCUT2D eigenvalue weighted by atomic mass is 16.5. The molecule has 1 aromatic rings. The van der Waals surface area contributed by atoms with Crippen LogP contribution in [-0.2, 0) is 16.0 Å². The molecule has 0 spiro atoms. The third kappa shape index (κ3) is 5.16. The van der Waals surface area contributed by atoms with Gasteiger partial charge >= 0.3 is 0 Å². The van der Waals surface area contributed by atoms with Crippen molar-refractivity contribution in [3.8, 4) is 5.75 Å². The van der Waals surface area contributed by atoms with E-state index in [1.165, 1.54) is 5.94 Å². The van der Waals surface area contributed by atoms with Crippen molar-refractivity contribution in [1.29, 1.82) is 0 Å². The molecule has 1 unspecified atom stereocenters. The highest BCUT2D eigenvalue weighted by Gasteiger charge is 2.23. The summed E-state index contributed by atoms with van der Waals surface area (Å²) in [6, 6.07) is 7.39. The molecule has 4 nitrogen and oxygen atoms in total. The van der Waals surface area contributed by atoms with Crippen LogP contribution in [0.5, 0.6) is 5.75 Å². The van der Waals surface area contributed by atoms with E-state index in [4.69, 9.17) is 9.47 Å². The lowest BCUT2D eigenvalue weighted by Gasteiger charge is -2.26. The number of benzene rings is 1. The van der Waals surface area contributed by atoms with E-state index in [-0.39, 0.29) is 0 Å². The predicted molar refractivity (Wildman–Crippen MR) is 73.2 cm³/mol. The van der Waals surface area contributed by atoms with E-state index in [0.717, 1.165) is 11.3 Å². The minimum absolute atomic E-state index is 0.405. The van der Waals surface area contributed by atoms with Crippen molar-refractivity contribution in [2.45, 2.75) is 38.9 Å². The van der Waals surface area contributed by atoms with E-state index >= 15 is 0 Å². The largest absolute Gasteiger partial charge is 0.500 e. The van der Waals surface area contributed by atoms with Crippen LogP contribution in [0.15, 0.2) is 30.0 Å². The lowest BCUT2D eigenvalue weighted by atomic mass is 10.1. The number of carbonyl (C=O) groups excluding carboxylic acids is 1. The zero-order valence-corrected chi connectivity index (χ0v) is 11.8. The van der Waals surface area contributed by atoms with E-state index in [1.807, 2.05) is 45.0 Å². The highest BCUT2D eigenvalue weighted by molar-refractivity contribution is 5.50. The second-order valence-electron chi connectivity index (χ2n) is 5.26. The van der Waals surface area contributed by atoms with Gasteiger partial charge in [-0.1, -0.05) is 12.1 Å². The maximum Gasteiger partial charge on any atom is 0.206 e. The van der Waals surface area contributed by atoms with Gasteiger partial charge in [-0.15, -0.1) is 0 Å². The maximum atomic E-state index is 10.6. The molecule has 104 valence electrons. The molecule has 0 amide bonds. The first-order valence-electron chi connectivity index (χ1n) is 6.10. The lowest BCUT2D eigenvalue weighted by molar-refractivity contribution is -0.0562. The molecule has 0 aromatic heterocycles. The number of aliphatic hydroxyl groups is 1. The summed E-state index contributed by atoms with van der Waals surface area (Å²) in [5.41, 5.74) is 0.485. The summed E-state index contributed by atoms with van der Waals surface area (Å²) >= 11 is 0. The van der Waals surface area contributed by atoms with E-state index in [9.17, 15) is 9.90 Å². The van der Waals surface area contributed by atoms with Crippen LogP contribution in [0, 0.1) is 0 Å². The second-order valence-corrected chi connectivity index (χ2v) is 5.26. The average molecular weight is 264 g/mol. The molecule has 0 heterocycles. The summed E-state index contributed by atoms with van der Waals surface area (Å²) in [6.07, 6.45) is -0.284. The van der Waals surface area contributed by atoms with Crippen LogP contribution < -0.4 is 4.74 Å². The van der Waals surface area contributed by atoms with E-state index in [0.29, 0.717) is 6.42 Å². The summed E-state index contributed by atoms with van der Waals surface area (Å²) in [6.45, 7) is 5.60. The number of aliphatic hydroxyl groups excluding tert-OH is 1. The van der Waals surface area contributed by atoms with Gasteiger partial charge < -0.3 is 14.6 Å². The Bertz CT molecular complexity index is 450. The molecule has 4 heteroatoms. The Balaban J connectivity index is 2.84. The van der Waals surface area contributed by atoms with Crippen LogP contribution in [0.4, 0.5) is 0 Å². The zero-order valence-electron chi connectivity index (χ0n) is 11.8. The van der Waals surface area contributed by atoms with Crippen LogP contribution >= 0.6 is 0 Å². The Morgan fingerprint density at radius 3 is 2.32 bits per heavy atom. The third-order valence-electron chi connectivity index (χ3n) is 2.49. The fourth-order valence-corrected chi connectivity index (χ4v) is 1.66. The topological polar surface area (TPSA) is 55.8 Å². The van der Waals surface area contributed by atoms with Gasteiger partial charge in [0.2, 0.25) is 5.76 Å². The van der Waals surface area contributed by atoms with Crippen LogP contribution in [0.1, 0.15) is 26.3 Å². The molecular weight excluding hydrogens is 244 g/mol. The minimum atomic E-state index is -0.689. The van der Waals surface area contributed by atoms with Gasteiger partial charge in [0.25, 0.3) is 0 Å². The molecule has 0 aliphatic rings. The van der Waals surface area contributed by atoms with Gasteiger partial charge in [0.1, 0.15) is 11.9 Å². The average Bonchev–Trinajstić information content (AvgIpc) is 2.36. The quantitative estimate of drug-likeness (QED) is 0.656. The van der Waals surface area contributed by atoms with Crippen molar-refractivity contribution in [1.82, 2.24) is 0 Å². The van der Waals surface area contributed by atoms with E-state index in [2.05, 4.69) is 0 Å². The van der Waals surface area contributed by atoms with Crippen molar-refractivity contribution in [2.24, 2.45) is 0 Å². The van der Waals surface area contributed by atoms with Gasteiger partial charge in [0.05, 0.1) is 12.7 Å². The molecule has 1 aromatic carbocycles. The molecule has 1 atom stereocenters. The minimum Gasteiger partial charge on any atom is -0.500 e. The smallest absolute Gasteiger partial charge is 0.206 e. The van der Waals surface area contributed by atoms with Crippen LogP contribution in [-0.4, -0.2) is 29.9 Å². The monoisotopic (exact) mass is 264 g/mol. The molecular formula is C15H20O4. The van der Waals surface area contributed by atoms with Crippen molar-refractivity contribution < 1.29 is 19.4 Å². The number of hydrogen-bond donors (Lipinski definition) is 1. The fraction of sp³-hybridized carbons (Fsp3) is 0.467. The van der Waals surface area contributed by atoms with Gasteiger partial charge in [0, 0.05) is 6.42 Å². The predicted octanol–water partition coefficient (Wildman–Crippen LogP) is 2.69. The summed E-state index contributed by atoms with van der Waals surface area (Å²) in [5, 5.41) is 9.59. The van der Waals surface area contributed by atoms with Crippen molar-refractivity contribution >= 4 is 5.94 Å². The lowest BCUT2D eigenvalue weighted by Crippen LogP contribution is -2.30. The van der Waals surface area contributed by atoms with E-state index < -0.39 is 17.5 Å². The van der Waals surface area contributed by atoms with Gasteiger partial charge in [-0.2, -0.15) is 0 Å². The Labute approximate surface area is 113 Å². The number of ether oxygens (including phenoxy) is 2. The third-order valence-corrected chi connectivity index (χ3v) is 2.49. The Kier molecular flexibility index (Phi) is 5.16. The molecule has 19 heavy (non-hydrogen) atoms. The first kappa shape index (κ1) is 15.3. The summed E-state index contributed by atoms with van der Waals surface area (Å²) < 4.78 is 10.7. The van der Waals surface area contributed by atoms with Gasteiger partial charge in [-0.3, -0.25) is 0 Å². The summed E-state index contributed by atoms with van der Waals surface area (Å²) in [7, 11) is 1.60. The van der Waals surface area contributed by atoms with Crippen molar-refractivity contribution in [2.75, 3.05) is 7.11 Å². The molecule has 0 saturated heterocycles. The van der Waals surface area contributed by atoms with Crippen molar-refractivity contribution in [3.05, 3.63) is 35.6 Å². The molecule has 0 fully saturated rings. The number of rotatable bonds is 5. The standard InChI is InChI=1S/C15H20O4/c1-15(2,3)19-14(13(17)10-16)9-11-5-7-12(18-4)8-6-11/h5-8,14,17H,9H2,1-4H3. The summed E-state index contributed by atoms with van der Waals surface area (Å²) in [5.74, 6) is 1.85. The molecule has 0 aliphatic carbocycles. The Hall–Kier alpha value is -1.77. The van der Waals surface area contributed by atoms with Gasteiger partial charge in [-0.25, -0.2) is 4.79 Å². The first-order valence-corrected chi connectivity index (χ1v) is 6.10.